The number of benzene rings is 2. The van der Waals surface area contributed by atoms with Gasteiger partial charge >= 0.3 is 11.9 Å². The molecule has 10 nitrogen and oxygen atoms in total. The van der Waals surface area contributed by atoms with Crippen molar-refractivity contribution in [1.82, 2.24) is 14.9 Å². The summed E-state index contributed by atoms with van der Waals surface area (Å²) < 4.78 is 7.15. The molecule has 0 bridgehead atoms. The molecule has 4 N–H and O–H groups in total. The molecule has 0 radical (unpaired) electrons. The van der Waals surface area contributed by atoms with Gasteiger partial charge in [-0.2, -0.15) is 0 Å². The third-order valence-corrected chi connectivity index (χ3v) is 7.13. The fraction of sp³-hybridized carbons (Fsp3) is 0.357. The van der Waals surface area contributed by atoms with E-state index in [0.29, 0.717) is 25.3 Å². The number of aromatic nitrogens is 2. The molecule has 1 aliphatic heterocycles. The number of hydrogen-bond donors (Lipinski definition) is 4. The molecule has 1 aliphatic carbocycles. The molecule has 5 rings (SSSR count). The maximum atomic E-state index is 13.0. The van der Waals surface area contributed by atoms with Gasteiger partial charge in [-0.05, 0) is 55.4 Å². The SMILES string of the molecule is COCCNC(=O)c1cc2c(nc(C)n2C)c2c1CCC1(Cc3ccccc3C1)N2.O=C(O)/C=C\C(=O)O. The lowest BCUT2D eigenvalue weighted by atomic mass is 9.82. The Balaban J connectivity index is 0.000000368. The molecule has 1 aromatic heterocycles. The number of rotatable bonds is 6. The minimum Gasteiger partial charge on any atom is -0.478 e. The van der Waals surface area contributed by atoms with Crippen LogP contribution in [0.25, 0.3) is 11.0 Å². The van der Waals surface area contributed by atoms with Gasteiger partial charge in [0.05, 0.1) is 17.8 Å². The van der Waals surface area contributed by atoms with E-state index in [-0.39, 0.29) is 11.4 Å². The lowest BCUT2D eigenvalue weighted by molar-refractivity contribution is -0.134. The number of methoxy groups -OCH3 is 1. The van der Waals surface area contributed by atoms with Gasteiger partial charge < -0.3 is 30.2 Å². The lowest BCUT2D eigenvalue weighted by Crippen LogP contribution is -2.43. The molecule has 0 atom stereocenters. The molecule has 1 amide bonds. The van der Waals surface area contributed by atoms with E-state index in [1.165, 1.54) is 11.1 Å². The molecule has 2 aliphatic rings. The van der Waals surface area contributed by atoms with Crippen molar-refractivity contribution in [3.05, 3.63) is 70.6 Å². The summed E-state index contributed by atoms with van der Waals surface area (Å²) in [7, 11) is 3.65. The van der Waals surface area contributed by atoms with Crippen LogP contribution in [0.1, 0.15) is 39.3 Å². The highest BCUT2D eigenvalue weighted by Crippen LogP contribution is 2.44. The quantitative estimate of drug-likeness (QED) is 0.287. The van der Waals surface area contributed by atoms with Gasteiger partial charge in [0.15, 0.2) is 0 Å². The number of carbonyl (C=O) groups is 3. The normalized spacial score (nSPS) is 14.9. The van der Waals surface area contributed by atoms with Crippen LogP contribution in [0.3, 0.4) is 0 Å². The number of carbonyl (C=O) groups excluding carboxylic acids is 1. The Labute approximate surface area is 220 Å². The van der Waals surface area contributed by atoms with Crippen LogP contribution in [-0.4, -0.2) is 63.4 Å². The Hall–Kier alpha value is -4.18. The number of aryl methyl sites for hydroxylation is 2. The van der Waals surface area contributed by atoms with Gasteiger partial charge in [0.2, 0.25) is 0 Å². The van der Waals surface area contributed by atoms with E-state index in [1.807, 2.05) is 20.0 Å². The first-order valence-corrected chi connectivity index (χ1v) is 12.4. The van der Waals surface area contributed by atoms with Crippen molar-refractivity contribution < 1.29 is 29.3 Å². The van der Waals surface area contributed by atoms with Gasteiger partial charge in [-0.25, -0.2) is 14.6 Å². The van der Waals surface area contributed by atoms with E-state index in [4.69, 9.17) is 19.9 Å². The number of fused-ring (bicyclic) bond motifs is 4. The topological polar surface area (TPSA) is 143 Å². The number of amides is 1. The summed E-state index contributed by atoms with van der Waals surface area (Å²) in [6, 6.07) is 10.7. The number of nitrogens with zero attached hydrogens (tertiary/aromatic N) is 2. The van der Waals surface area contributed by atoms with Crippen LogP contribution < -0.4 is 10.6 Å². The van der Waals surface area contributed by atoms with E-state index < -0.39 is 11.9 Å². The van der Waals surface area contributed by atoms with Crippen LogP contribution in [0.5, 0.6) is 0 Å². The molecule has 200 valence electrons. The largest absolute Gasteiger partial charge is 0.478 e. The smallest absolute Gasteiger partial charge is 0.328 e. The maximum Gasteiger partial charge on any atom is 0.328 e. The second-order valence-electron chi connectivity index (χ2n) is 9.65. The minimum atomic E-state index is -1.26. The number of ether oxygens (including phenoxy) is 1. The molecule has 0 saturated carbocycles. The number of hydrogen-bond acceptors (Lipinski definition) is 6. The second-order valence-corrected chi connectivity index (χ2v) is 9.65. The van der Waals surface area contributed by atoms with E-state index in [9.17, 15) is 14.4 Å². The summed E-state index contributed by atoms with van der Waals surface area (Å²) in [5.74, 6) is -1.61. The van der Waals surface area contributed by atoms with Crippen LogP contribution in [0.4, 0.5) is 5.69 Å². The molecule has 2 aromatic carbocycles. The second kappa shape index (κ2) is 11.1. The van der Waals surface area contributed by atoms with Crippen molar-refractivity contribution in [3.8, 4) is 0 Å². The molecule has 0 unspecified atom stereocenters. The predicted molar refractivity (Wildman–Crippen MR) is 143 cm³/mol. The summed E-state index contributed by atoms with van der Waals surface area (Å²) >= 11 is 0. The van der Waals surface area contributed by atoms with Gasteiger partial charge in [-0.15, -0.1) is 0 Å². The predicted octanol–water partition coefficient (Wildman–Crippen LogP) is 2.87. The molecule has 0 saturated heterocycles. The van der Waals surface area contributed by atoms with Gasteiger partial charge in [0.25, 0.3) is 5.91 Å². The molecular formula is C28H32N4O6. The van der Waals surface area contributed by atoms with Crippen molar-refractivity contribution in [2.24, 2.45) is 7.05 Å². The average Bonchev–Trinajstić information content (AvgIpc) is 3.38. The van der Waals surface area contributed by atoms with E-state index in [1.54, 1.807) is 7.11 Å². The highest BCUT2D eigenvalue weighted by Gasteiger charge is 2.41. The maximum absolute atomic E-state index is 13.0. The Kier molecular flexibility index (Phi) is 7.82. The minimum absolute atomic E-state index is 0.000191. The number of imidazole rings is 1. The van der Waals surface area contributed by atoms with Crippen LogP contribution in [0.15, 0.2) is 42.5 Å². The van der Waals surface area contributed by atoms with Crippen molar-refractivity contribution in [3.63, 3.8) is 0 Å². The number of nitrogens with one attached hydrogen (secondary N) is 2. The molecule has 38 heavy (non-hydrogen) atoms. The average molecular weight is 521 g/mol. The third-order valence-electron chi connectivity index (χ3n) is 7.13. The fourth-order valence-electron chi connectivity index (χ4n) is 5.23. The Morgan fingerprint density at radius 1 is 1.16 bits per heavy atom. The molecular weight excluding hydrogens is 488 g/mol. The van der Waals surface area contributed by atoms with E-state index in [2.05, 4.69) is 39.5 Å². The fourth-order valence-corrected chi connectivity index (χ4v) is 5.23. The third kappa shape index (κ3) is 5.55. The molecule has 10 heteroatoms. The monoisotopic (exact) mass is 520 g/mol. The van der Waals surface area contributed by atoms with Crippen LogP contribution in [0, 0.1) is 6.92 Å². The van der Waals surface area contributed by atoms with Crippen molar-refractivity contribution in [1.29, 1.82) is 0 Å². The van der Waals surface area contributed by atoms with Gasteiger partial charge in [-0.1, -0.05) is 24.3 Å². The molecule has 2 heterocycles. The van der Waals surface area contributed by atoms with Gasteiger partial charge in [0.1, 0.15) is 11.3 Å². The number of aliphatic carboxylic acids is 2. The zero-order chi connectivity index (χ0) is 27.4. The summed E-state index contributed by atoms with van der Waals surface area (Å²) in [5.41, 5.74) is 7.67. The van der Waals surface area contributed by atoms with E-state index >= 15 is 0 Å². The number of carboxylic acid groups (broad SMARTS) is 2. The highest BCUT2D eigenvalue weighted by atomic mass is 16.5. The first-order valence-electron chi connectivity index (χ1n) is 12.4. The van der Waals surface area contributed by atoms with Crippen LogP contribution >= 0.6 is 0 Å². The zero-order valence-electron chi connectivity index (χ0n) is 21.7. The Morgan fingerprint density at radius 3 is 2.37 bits per heavy atom. The highest BCUT2D eigenvalue weighted by molar-refractivity contribution is 6.04. The number of anilines is 1. The Bertz CT molecular complexity index is 1380. The molecule has 1 spiro atoms. The summed E-state index contributed by atoms with van der Waals surface area (Å²) in [4.78, 5) is 37.0. The van der Waals surface area contributed by atoms with Crippen LogP contribution in [0.2, 0.25) is 0 Å². The first-order chi connectivity index (χ1) is 18.1. The van der Waals surface area contributed by atoms with Crippen molar-refractivity contribution in [2.45, 2.75) is 38.1 Å². The van der Waals surface area contributed by atoms with Crippen LogP contribution in [-0.2, 0) is 40.6 Å². The summed E-state index contributed by atoms with van der Waals surface area (Å²) in [6.07, 6.45) is 5.02. The molecule has 3 aromatic rings. The number of carboxylic acids is 2. The lowest BCUT2D eigenvalue weighted by Gasteiger charge is -2.38. The Morgan fingerprint density at radius 2 is 1.79 bits per heavy atom. The van der Waals surface area contributed by atoms with Crippen molar-refractivity contribution in [2.75, 3.05) is 25.6 Å². The summed E-state index contributed by atoms with van der Waals surface area (Å²) in [5, 5.41) is 22.5. The standard InChI is InChI=1S/C24H28N4O2.C4H4O4/c1-15-26-22-20(28(15)2)12-19(23(29)25-10-11-30-3)18-8-9-24(27-21(18)22)13-16-6-4-5-7-17(16)14-24;5-3(6)1-2-4(7)8/h4-7,12,27H,8-11,13-14H2,1-3H3,(H,25,29);1-2H,(H,5,6)(H,7,8)/b;2-1-. The summed E-state index contributed by atoms with van der Waals surface area (Å²) in [6.45, 7) is 3.01. The molecule has 0 fully saturated rings. The van der Waals surface area contributed by atoms with Gasteiger partial charge in [0, 0.05) is 44.0 Å². The van der Waals surface area contributed by atoms with E-state index in [0.717, 1.165) is 59.4 Å². The zero-order valence-corrected chi connectivity index (χ0v) is 21.7. The van der Waals surface area contributed by atoms with Gasteiger partial charge in [-0.3, -0.25) is 4.79 Å². The first kappa shape index (κ1) is 26.9. The van der Waals surface area contributed by atoms with Crippen molar-refractivity contribution >= 4 is 34.6 Å².